The Morgan fingerprint density at radius 3 is 1.56 bits per heavy atom. The second-order valence-electron chi connectivity index (χ2n) is 5.06. The van der Waals surface area contributed by atoms with Crippen molar-refractivity contribution in [3.05, 3.63) is 24.3 Å². The van der Waals surface area contributed by atoms with Crippen LogP contribution in [-0.2, 0) is 0 Å². The average Bonchev–Trinajstić information content (AvgIpc) is 2.44. The zero-order chi connectivity index (χ0) is 13.6. The van der Waals surface area contributed by atoms with E-state index in [4.69, 9.17) is 0 Å². The van der Waals surface area contributed by atoms with Gasteiger partial charge >= 0.3 is 0 Å². The molecule has 0 saturated carbocycles. The molecule has 1 rings (SSSR count). The number of benzene rings is 1. The summed E-state index contributed by atoms with van der Waals surface area (Å²) in [6, 6.07) is 13.5. The molecule has 0 aliphatic rings. The summed E-state index contributed by atoms with van der Waals surface area (Å²) in [5.74, 6) is 0. The summed E-state index contributed by atoms with van der Waals surface area (Å²) in [5.41, 5.74) is 1.37. The van der Waals surface area contributed by atoms with E-state index in [2.05, 4.69) is 63.8 Å². The smallest absolute Gasteiger partial charge is 0.0859 e. The van der Waals surface area contributed by atoms with Gasteiger partial charge in [-0.1, -0.05) is 56.2 Å². The minimum absolute atomic E-state index is 1.09. The van der Waals surface area contributed by atoms with Gasteiger partial charge in [0.05, 0.1) is 8.07 Å². The second-order valence-corrected chi connectivity index (χ2v) is 10.3. The fraction of sp³-hybridized carbons (Fsp3) is 0.625. The first-order valence-electron chi connectivity index (χ1n) is 7.52. The van der Waals surface area contributed by atoms with Gasteiger partial charge in [-0.15, -0.1) is 0 Å². The minimum Gasteiger partial charge on any atom is -0.372 e. The van der Waals surface area contributed by atoms with Gasteiger partial charge in [0.1, 0.15) is 0 Å². The first-order valence-corrected chi connectivity index (χ1v) is 10.1. The quantitative estimate of drug-likeness (QED) is 0.665. The maximum atomic E-state index is 2.41. The van der Waals surface area contributed by atoms with E-state index in [1.807, 2.05) is 0 Å². The molecule has 0 heterocycles. The van der Waals surface area contributed by atoms with Crippen LogP contribution in [0, 0.1) is 0 Å². The van der Waals surface area contributed by atoms with Crippen LogP contribution in [0.4, 0.5) is 5.69 Å². The SMILES string of the molecule is CCN(CC)c1ccc([Si](CC)(CC)CC)cc1. The Morgan fingerprint density at radius 1 is 0.778 bits per heavy atom. The molecule has 0 saturated heterocycles. The Morgan fingerprint density at radius 2 is 1.22 bits per heavy atom. The number of nitrogens with zero attached hydrogens (tertiary/aromatic N) is 1. The molecule has 0 spiro atoms. The maximum Gasteiger partial charge on any atom is 0.0859 e. The van der Waals surface area contributed by atoms with E-state index in [9.17, 15) is 0 Å². The minimum atomic E-state index is -1.19. The molecule has 18 heavy (non-hydrogen) atoms. The van der Waals surface area contributed by atoms with Gasteiger partial charge in [-0.05, 0) is 26.0 Å². The van der Waals surface area contributed by atoms with Crippen LogP contribution in [0.2, 0.25) is 18.1 Å². The van der Waals surface area contributed by atoms with E-state index < -0.39 is 8.07 Å². The molecule has 0 radical (unpaired) electrons. The molecule has 0 atom stereocenters. The van der Waals surface area contributed by atoms with Crippen LogP contribution >= 0.6 is 0 Å². The van der Waals surface area contributed by atoms with Crippen LogP contribution < -0.4 is 10.1 Å². The molecule has 0 N–H and O–H groups in total. The van der Waals surface area contributed by atoms with Crippen molar-refractivity contribution in [3.8, 4) is 0 Å². The molecule has 0 aliphatic carbocycles. The molecule has 0 aromatic heterocycles. The maximum absolute atomic E-state index is 2.41. The summed E-state index contributed by atoms with van der Waals surface area (Å²) in [4.78, 5) is 2.41. The lowest BCUT2D eigenvalue weighted by Crippen LogP contribution is -2.45. The van der Waals surface area contributed by atoms with Crippen molar-refractivity contribution in [1.29, 1.82) is 0 Å². The summed E-state index contributed by atoms with van der Waals surface area (Å²) in [6.45, 7) is 13.7. The molecule has 102 valence electrons. The monoisotopic (exact) mass is 263 g/mol. The number of anilines is 1. The van der Waals surface area contributed by atoms with Crippen molar-refractivity contribution in [2.24, 2.45) is 0 Å². The summed E-state index contributed by atoms with van der Waals surface area (Å²) >= 11 is 0. The average molecular weight is 264 g/mol. The Labute approximate surface area is 114 Å². The Kier molecular flexibility index (Phi) is 5.93. The zero-order valence-corrected chi connectivity index (χ0v) is 13.8. The van der Waals surface area contributed by atoms with Crippen LogP contribution in [0.1, 0.15) is 34.6 Å². The fourth-order valence-corrected chi connectivity index (χ4v) is 6.58. The van der Waals surface area contributed by atoms with Gasteiger partial charge in [-0.3, -0.25) is 0 Å². The second kappa shape index (κ2) is 6.98. The Bertz CT molecular complexity index is 328. The highest BCUT2D eigenvalue weighted by molar-refractivity contribution is 6.91. The first kappa shape index (κ1) is 15.3. The van der Waals surface area contributed by atoms with Crippen LogP contribution in [0.5, 0.6) is 0 Å². The van der Waals surface area contributed by atoms with Crippen LogP contribution in [-0.4, -0.2) is 21.2 Å². The van der Waals surface area contributed by atoms with Crippen molar-refractivity contribution >= 4 is 18.9 Å². The molecule has 0 bridgehead atoms. The largest absolute Gasteiger partial charge is 0.372 e. The van der Waals surface area contributed by atoms with Gasteiger partial charge in [0.25, 0.3) is 0 Å². The summed E-state index contributed by atoms with van der Waals surface area (Å²) in [6.07, 6.45) is 0. The van der Waals surface area contributed by atoms with Crippen molar-refractivity contribution in [2.45, 2.75) is 52.8 Å². The summed E-state index contributed by atoms with van der Waals surface area (Å²) in [5, 5.41) is 1.64. The number of rotatable bonds is 7. The van der Waals surface area contributed by atoms with Crippen LogP contribution in [0.15, 0.2) is 24.3 Å². The van der Waals surface area contributed by atoms with Crippen LogP contribution in [0.25, 0.3) is 0 Å². The lowest BCUT2D eigenvalue weighted by molar-refractivity contribution is 0.866. The molecule has 0 unspecified atom stereocenters. The van der Waals surface area contributed by atoms with E-state index >= 15 is 0 Å². The predicted molar refractivity (Wildman–Crippen MR) is 86.8 cm³/mol. The van der Waals surface area contributed by atoms with Gasteiger partial charge < -0.3 is 4.90 Å². The van der Waals surface area contributed by atoms with Gasteiger partial charge in [0.2, 0.25) is 0 Å². The zero-order valence-electron chi connectivity index (χ0n) is 12.8. The van der Waals surface area contributed by atoms with Crippen molar-refractivity contribution in [3.63, 3.8) is 0 Å². The Hall–Kier alpha value is -0.763. The third kappa shape index (κ3) is 2.97. The number of hydrogen-bond donors (Lipinski definition) is 0. The van der Waals surface area contributed by atoms with Crippen molar-refractivity contribution in [1.82, 2.24) is 0 Å². The molecule has 2 heteroatoms. The number of hydrogen-bond acceptors (Lipinski definition) is 1. The molecular formula is C16H29NSi. The van der Waals surface area contributed by atoms with Gasteiger partial charge in [-0.25, -0.2) is 0 Å². The Balaban J connectivity index is 3.00. The van der Waals surface area contributed by atoms with E-state index in [0.29, 0.717) is 0 Å². The normalized spacial score (nSPS) is 11.6. The lowest BCUT2D eigenvalue weighted by atomic mass is 10.3. The van der Waals surface area contributed by atoms with E-state index in [0.717, 1.165) is 13.1 Å². The van der Waals surface area contributed by atoms with E-state index in [1.165, 1.54) is 23.8 Å². The molecule has 1 nitrogen and oxygen atoms in total. The van der Waals surface area contributed by atoms with Gasteiger partial charge in [-0.2, -0.15) is 0 Å². The fourth-order valence-electron chi connectivity index (χ4n) is 2.98. The first-order chi connectivity index (χ1) is 8.67. The predicted octanol–water partition coefficient (Wildman–Crippen LogP) is 4.25. The molecule has 0 aliphatic heterocycles. The van der Waals surface area contributed by atoms with Gasteiger partial charge in [0.15, 0.2) is 0 Å². The van der Waals surface area contributed by atoms with Crippen molar-refractivity contribution < 1.29 is 0 Å². The highest BCUT2D eigenvalue weighted by Crippen LogP contribution is 2.21. The van der Waals surface area contributed by atoms with Crippen LogP contribution in [0.3, 0.4) is 0 Å². The molecule has 1 aromatic carbocycles. The molecular weight excluding hydrogens is 234 g/mol. The van der Waals surface area contributed by atoms with Crippen molar-refractivity contribution in [2.75, 3.05) is 18.0 Å². The van der Waals surface area contributed by atoms with E-state index in [-0.39, 0.29) is 0 Å². The van der Waals surface area contributed by atoms with E-state index in [1.54, 1.807) is 5.19 Å². The molecule has 0 fully saturated rings. The summed E-state index contributed by atoms with van der Waals surface area (Å²) < 4.78 is 0. The highest BCUT2D eigenvalue weighted by atomic mass is 28.3. The summed E-state index contributed by atoms with van der Waals surface area (Å²) in [7, 11) is -1.19. The molecule has 1 aromatic rings. The molecule has 0 amide bonds. The lowest BCUT2D eigenvalue weighted by Gasteiger charge is -2.29. The standard InChI is InChI=1S/C16H29NSi/c1-6-17(7-2)15-11-13-16(14-12-15)18(8-3,9-4)10-5/h11-14H,6-10H2,1-5H3. The third-order valence-corrected chi connectivity index (χ3v) is 10.3. The topological polar surface area (TPSA) is 3.24 Å². The highest BCUT2D eigenvalue weighted by Gasteiger charge is 2.28. The van der Waals surface area contributed by atoms with Gasteiger partial charge in [0, 0.05) is 18.8 Å². The third-order valence-electron chi connectivity index (χ3n) is 4.64.